The van der Waals surface area contributed by atoms with Gasteiger partial charge >= 0.3 is 7.12 Å². The summed E-state index contributed by atoms with van der Waals surface area (Å²) >= 11 is 0. The molecule has 1 aliphatic rings. The number of nitrogens with zero attached hydrogens (tertiary/aromatic N) is 2. The first-order chi connectivity index (χ1) is 9.77. The number of pyridine rings is 1. The van der Waals surface area contributed by atoms with Crippen LogP contribution in [0.4, 0.5) is 0 Å². The van der Waals surface area contributed by atoms with E-state index in [1.54, 1.807) is 13.3 Å². The van der Waals surface area contributed by atoms with Gasteiger partial charge in [-0.25, -0.2) is 4.98 Å². The van der Waals surface area contributed by atoms with Gasteiger partial charge < -0.3 is 18.6 Å². The summed E-state index contributed by atoms with van der Waals surface area (Å²) < 4.78 is 19.6. The first kappa shape index (κ1) is 14.4. The van der Waals surface area contributed by atoms with Crippen LogP contribution in [0.25, 0.3) is 10.9 Å². The number of aryl methyl sites for hydroxylation is 1. The van der Waals surface area contributed by atoms with E-state index in [-0.39, 0.29) is 11.2 Å². The minimum Gasteiger partial charge on any atom is -0.479 e. The SMILES string of the molecule is COc1ncc(B2OC(C)(C)C(C)(C)O2)c2ccn(C)c12. The van der Waals surface area contributed by atoms with Gasteiger partial charge in [-0.15, -0.1) is 0 Å². The third-order valence-electron chi connectivity index (χ3n) is 4.61. The highest BCUT2D eigenvalue weighted by Gasteiger charge is 2.52. The molecule has 0 unspecified atom stereocenters. The van der Waals surface area contributed by atoms with E-state index in [9.17, 15) is 0 Å². The van der Waals surface area contributed by atoms with Gasteiger partial charge in [-0.2, -0.15) is 0 Å². The van der Waals surface area contributed by atoms with Gasteiger partial charge in [0.25, 0.3) is 0 Å². The van der Waals surface area contributed by atoms with Crippen molar-refractivity contribution in [1.29, 1.82) is 0 Å². The zero-order chi connectivity index (χ0) is 15.4. The quantitative estimate of drug-likeness (QED) is 0.792. The molecule has 0 radical (unpaired) electrons. The number of fused-ring (bicyclic) bond motifs is 1. The number of methoxy groups -OCH3 is 1. The van der Waals surface area contributed by atoms with Crippen LogP contribution in [0.1, 0.15) is 27.7 Å². The van der Waals surface area contributed by atoms with Crippen molar-refractivity contribution >= 4 is 23.5 Å². The van der Waals surface area contributed by atoms with E-state index >= 15 is 0 Å². The minimum absolute atomic E-state index is 0.362. The molecule has 2 aromatic rings. The monoisotopic (exact) mass is 288 g/mol. The van der Waals surface area contributed by atoms with Crippen molar-refractivity contribution in [2.45, 2.75) is 38.9 Å². The van der Waals surface area contributed by atoms with E-state index in [1.807, 2.05) is 51.6 Å². The lowest BCUT2D eigenvalue weighted by molar-refractivity contribution is 0.00578. The van der Waals surface area contributed by atoms with Crippen LogP contribution < -0.4 is 10.2 Å². The first-order valence-corrected chi connectivity index (χ1v) is 7.10. The molecular weight excluding hydrogens is 267 g/mol. The smallest absolute Gasteiger partial charge is 0.479 e. The van der Waals surface area contributed by atoms with Gasteiger partial charge in [0.15, 0.2) is 0 Å². The van der Waals surface area contributed by atoms with E-state index in [0.29, 0.717) is 5.88 Å². The summed E-state index contributed by atoms with van der Waals surface area (Å²) in [6.07, 6.45) is 3.77. The molecule has 2 aromatic heterocycles. The van der Waals surface area contributed by atoms with Gasteiger partial charge in [-0.05, 0) is 33.8 Å². The average molecular weight is 288 g/mol. The Hall–Kier alpha value is -1.53. The largest absolute Gasteiger partial charge is 0.497 e. The fourth-order valence-electron chi connectivity index (χ4n) is 2.59. The van der Waals surface area contributed by atoms with Gasteiger partial charge in [0, 0.05) is 30.3 Å². The van der Waals surface area contributed by atoms with Crippen LogP contribution >= 0.6 is 0 Å². The number of rotatable bonds is 2. The van der Waals surface area contributed by atoms with E-state index in [2.05, 4.69) is 4.98 Å². The molecule has 3 heterocycles. The Morgan fingerprint density at radius 1 is 1.19 bits per heavy atom. The molecule has 1 fully saturated rings. The van der Waals surface area contributed by atoms with E-state index < -0.39 is 7.12 Å². The maximum absolute atomic E-state index is 6.13. The molecular formula is C15H21BN2O3. The number of hydrogen-bond donors (Lipinski definition) is 0. The molecule has 0 bridgehead atoms. The summed E-state index contributed by atoms with van der Waals surface area (Å²) in [6, 6.07) is 2.04. The molecule has 1 aliphatic heterocycles. The lowest BCUT2D eigenvalue weighted by atomic mass is 9.78. The lowest BCUT2D eigenvalue weighted by Crippen LogP contribution is -2.41. The second-order valence-electron chi connectivity index (χ2n) is 6.50. The Morgan fingerprint density at radius 2 is 1.81 bits per heavy atom. The molecule has 0 amide bonds. The van der Waals surface area contributed by atoms with Gasteiger partial charge in [-0.1, -0.05) is 0 Å². The third-order valence-corrected chi connectivity index (χ3v) is 4.61. The number of aromatic nitrogens is 2. The van der Waals surface area contributed by atoms with Crippen molar-refractivity contribution in [2.75, 3.05) is 7.11 Å². The number of hydrogen-bond acceptors (Lipinski definition) is 4. The molecule has 0 aliphatic carbocycles. The van der Waals surface area contributed by atoms with Gasteiger partial charge in [0.05, 0.1) is 18.3 Å². The molecule has 0 saturated carbocycles. The van der Waals surface area contributed by atoms with Crippen molar-refractivity contribution in [3.63, 3.8) is 0 Å². The second kappa shape index (κ2) is 4.48. The van der Waals surface area contributed by atoms with E-state index in [0.717, 1.165) is 16.4 Å². The molecule has 6 heteroatoms. The third kappa shape index (κ3) is 2.05. The highest BCUT2D eigenvalue weighted by atomic mass is 16.7. The van der Waals surface area contributed by atoms with Crippen LogP contribution in [-0.2, 0) is 16.4 Å². The van der Waals surface area contributed by atoms with E-state index in [4.69, 9.17) is 14.0 Å². The molecule has 0 N–H and O–H groups in total. The second-order valence-corrected chi connectivity index (χ2v) is 6.50. The summed E-state index contributed by atoms with van der Waals surface area (Å²) in [7, 11) is 3.18. The molecule has 0 atom stereocenters. The van der Waals surface area contributed by atoms with Crippen LogP contribution in [-0.4, -0.2) is 35.0 Å². The minimum atomic E-state index is -0.418. The highest BCUT2D eigenvalue weighted by Crippen LogP contribution is 2.37. The van der Waals surface area contributed by atoms with Crippen molar-refractivity contribution in [3.8, 4) is 5.88 Å². The summed E-state index contributed by atoms with van der Waals surface area (Å²) in [5.41, 5.74) is 1.16. The number of ether oxygens (including phenoxy) is 1. The molecule has 112 valence electrons. The fourth-order valence-corrected chi connectivity index (χ4v) is 2.59. The maximum atomic E-state index is 6.13. The zero-order valence-electron chi connectivity index (χ0n) is 13.4. The average Bonchev–Trinajstić information content (AvgIpc) is 2.88. The summed E-state index contributed by atoms with van der Waals surface area (Å²) in [4.78, 5) is 4.40. The Bertz CT molecular complexity index is 678. The van der Waals surface area contributed by atoms with Crippen LogP contribution in [0.5, 0.6) is 5.88 Å². The van der Waals surface area contributed by atoms with Gasteiger partial charge in [-0.3, -0.25) is 0 Å². The van der Waals surface area contributed by atoms with Crippen LogP contribution in [0.3, 0.4) is 0 Å². The van der Waals surface area contributed by atoms with E-state index in [1.165, 1.54) is 0 Å². The lowest BCUT2D eigenvalue weighted by Gasteiger charge is -2.32. The van der Waals surface area contributed by atoms with Crippen molar-refractivity contribution < 1.29 is 14.0 Å². The maximum Gasteiger partial charge on any atom is 0.497 e. The predicted molar refractivity (Wildman–Crippen MR) is 83.0 cm³/mol. The molecule has 5 nitrogen and oxygen atoms in total. The molecule has 0 aromatic carbocycles. The predicted octanol–water partition coefficient (Wildman–Crippen LogP) is 1.88. The van der Waals surface area contributed by atoms with Crippen LogP contribution in [0.15, 0.2) is 18.5 Å². The summed E-state index contributed by atoms with van der Waals surface area (Å²) in [5.74, 6) is 0.609. The fraction of sp³-hybridized carbons (Fsp3) is 0.533. The first-order valence-electron chi connectivity index (χ1n) is 7.10. The van der Waals surface area contributed by atoms with Crippen molar-refractivity contribution in [2.24, 2.45) is 7.05 Å². The highest BCUT2D eigenvalue weighted by molar-refractivity contribution is 6.65. The zero-order valence-corrected chi connectivity index (χ0v) is 13.4. The van der Waals surface area contributed by atoms with Crippen LogP contribution in [0.2, 0.25) is 0 Å². The summed E-state index contributed by atoms with van der Waals surface area (Å²) in [6.45, 7) is 8.19. The van der Waals surface area contributed by atoms with Gasteiger partial charge in [0.2, 0.25) is 5.88 Å². The Morgan fingerprint density at radius 3 is 2.38 bits per heavy atom. The topological polar surface area (TPSA) is 45.5 Å². The van der Waals surface area contributed by atoms with Crippen molar-refractivity contribution in [1.82, 2.24) is 9.55 Å². The van der Waals surface area contributed by atoms with Crippen molar-refractivity contribution in [3.05, 3.63) is 18.5 Å². The Balaban J connectivity index is 2.11. The molecule has 0 spiro atoms. The Labute approximate surface area is 125 Å². The molecule has 21 heavy (non-hydrogen) atoms. The molecule has 1 saturated heterocycles. The van der Waals surface area contributed by atoms with Gasteiger partial charge in [0.1, 0.15) is 5.52 Å². The Kier molecular flexibility index (Phi) is 3.08. The normalized spacial score (nSPS) is 20.2. The van der Waals surface area contributed by atoms with Crippen LogP contribution in [0, 0.1) is 0 Å². The molecule has 3 rings (SSSR count). The summed E-state index contributed by atoms with van der Waals surface area (Å²) in [5, 5.41) is 1.04. The standard InChI is InChI=1S/C15H21BN2O3/c1-14(2)15(3,4)21-16(20-14)11-9-17-13(19-6)12-10(11)7-8-18(12)5/h7-9H,1-6H3.